The molecule has 1 unspecified atom stereocenters. The molecule has 0 bridgehead atoms. The lowest BCUT2D eigenvalue weighted by Gasteiger charge is -2.38. The van der Waals surface area contributed by atoms with Crippen molar-refractivity contribution in [3.8, 4) is 6.07 Å². The Morgan fingerprint density at radius 2 is 1.71 bits per heavy atom. The fourth-order valence-electron chi connectivity index (χ4n) is 2.98. The van der Waals surface area contributed by atoms with Crippen LogP contribution >= 0.6 is 0 Å². The summed E-state index contributed by atoms with van der Waals surface area (Å²) in [6, 6.07) is 2.33. The molecular weight excluding hydrogens is 302 g/mol. The van der Waals surface area contributed by atoms with Gasteiger partial charge in [0, 0.05) is 11.6 Å². The van der Waals surface area contributed by atoms with Crippen LogP contribution in [0.4, 0.5) is 4.79 Å². The van der Waals surface area contributed by atoms with E-state index in [1.807, 2.05) is 41.5 Å². The van der Waals surface area contributed by atoms with E-state index in [1.165, 1.54) is 25.7 Å². The Kier molecular flexibility index (Phi) is 7.54. The molecule has 1 atom stereocenters. The number of nitrogens with zero attached hydrogens (tertiary/aromatic N) is 2. The van der Waals surface area contributed by atoms with Crippen molar-refractivity contribution < 1.29 is 9.53 Å². The maximum atomic E-state index is 12.6. The van der Waals surface area contributed by atoms with E-state index >= 15 is 0 Å². The zero-order chi connectivity index (χ0) is 18.4. The molecule has 1 saturated carbocycles. The first-order valence-electron chi connectivity index (χ1n) is 9.19. The van der Waals surface area contributed by atoms with Crippen molar-refractivity contribution in [2.75, 3.05) is 6.54 Å². The summed E-state index contributed by atoms with van der Waals surface area (Å²) in [6.45, 7) is 11.8. The number of carbonyl (C=O) groups is 1. The van der Waals surface area contributed by atoms with E-state index in [2.05, 4.69) is 11.4 Å². The first-order chi connectivity index (χ1) is 11.0. The summed E-state index contributed by atoms with van der Waals surface area (Å²) in [7, 11) is 0. The lowest BCUT2D eigenvalue weighted by atomic mass is 10.0. The fourth-order valence-corrected chi connectivity index (χ4v) is 2.98. The number of hydrogen-bond donors (Lipinski definition) is 1. The summed E-state index contributed by atoms with van der Waals surface area (Å²) < 4.78 is 5.53. The SMILES string of the molecule is CC(C)(C)OC(=O)N(CC(C#N)NC1CCCCCC1)C(C)(C)C. The molecule has 0 aromatic rings. The standard InChI is InChI=1S/C19H35N3O2/c1-18(2,3)22(17(23)24-19(4,5)6)14-16(13-20)21-15-11-9-7-8-10-12-15/h15-16,21H,7-12,14H2,1-6H3. The molecule has 24 heavy (non-hydrogen) atoms. The highest BCUT2D eigenvalue weighted by atomic mass is 16.6. The zero-order valence-electron chi connectivity index (χ0n) is 16.3. The average Bonchev–Trinajstić information content (AvgIpc) is 2.68. The summed E-state index contributed by atoms with van der Waals surface area (Å²) >= 11 is 0. The van der Waals surface area contributed by atoms with E-state index in [4.69, 9.17) is 4.74 Å². The van der Waals surface area contributed by atoms with Crippen molar-refractivity contribution in [3.63, 3.8) is 0 Å². The summed E-state index contributed by atoms with van der Waals surface area (Å²) in [6.07, 6.45) is 6.84. The highest BCUT2D eigenvalue weighted by Crippen LogP contribution is 2.21. The molecule has 138 valence electrons. The van der Waals surface area contributed by atoms with E-state index in [9.17, 15) is 10.1 Å². The topological polar surface area (TPSA) is 65.4 Å². The minimum absolute atomic E-state index is 0.339. The van der Waals surface area contributed by atoms with Gasteiger partial charge < -0.3 is 9.64 Å². The van der Waals surface area contributed by atoms with Gasteiger partial charge in [0.25, 0.3) is 0 Å². The summed E-state index contributed by atoms with van der Waals surface area (Å²) in [5, 5.41) is 13.0. The molecule has 5 heteroatoms. The van der Waals surface area contributed by atoms with Gasteiger partial charge in [-0.2, -0.15) is 5.26 Å². The molecule has 1 N–H and O–H groups in total. The van der Waals surface area contributed by atoms with Gasteiger partial charge in [-0.1, -0.05) is 25.7 Å². The molecule has 0 aromatic heterocycles. The number of nitrogens with one attached hydrogen (secondary N) is 1. The van der Waals surface area contributed by atoms with E-state index in [-0.39, 0.29) is 12.1 Å². The first-order valence-corrected chi connectivity index (χ1v) is 9.19. The van der Waals surface area contributed by atoms with Gasteiger partial charge in [-0.25, -0.2) is 4.79 Å². The zero-order valence-corrected chi connectivity index (χ0v) is 16.3. The minimum Gasteiger partial charge on any atom is -0.444 e. The molecule has 1 aliphatic carbocycles. The largest absolute Gasteiger partial charge is 0.444 e. The molecule has 0 heterocycles. The molecule has 0 saturated heterocycles. The van der Waals surface area contributed by atoms with Gasteiger partial charge in [0.15, 0.2) is 0 Å². The molecule has 5 nitrogen and oxygen atoms in total. The van der Waals surface area contributed by atoms with Gasteiger partial charge in [-0.3, -0.25) is 5.32 Å². The highest BCUT2D eigenvalue weighted by molar-refractivity contribution is 5.69. The van der Waals surface area contributed by atoms with E-state index in [0.29, 0.717) is 12.6 Å². The number of rotatable bonds is 4. The Labute approximate surface area is 147 Å². The van der Waals surface area contributed by atoms with Gasteiger partial charge >= 0.3 is 6.09 Å². The molecule has 1 fully saturated rings. The predicted octanol–water partition coefficient (Wildman–Crippen LogP) is 4.23. The van der Waals surface area contributed by atoms with Crippen LogP contribution in [0.25, 0.3) is 0 Å². The van der Waals surface area contributed by atoms with Gasteiger partial charge in [-0.15, -0.1) is 0 Å². The van der Waals surface area contributed by atoms with Crippen LogP contribution in [0.2, 0.25) is 0 Å². The Morgan fingerprint density at radius 3 is 2.12 bits per heavy atom. The minimum atomic E-state index is -0.544. The fraction of sp³-hybridized carbons (Fsp3) is 0.895. The number of hydrogen-bond acceptors (Lipinski definition) is 4. The molecule has 1 rings (SSSR count). The van der Waals surface area contributed by atoms with Gasteiger partial charge in [0.2, 0.25) is 0 Å². The molecule has 0 aliphatic heterocycles. The Balaban J connectivity index is 2.75. The number of amides is 1. The predicted molar refractivity (Wildman–Crippen MR) is 96.7 cm³/mol. The molecular formula is C19H35N3O2. The van der Waals surface area contributed by atoms with Crippen LogP contribution in [0.5, 0.6) is 0 Å². The van der Waals surface area contributed by atoms with Crippen LogP contribution in [-0.2, 0) is 4.74 Å². The number of ether oxygens (including phenoxy) is 1. The van der Waals surface area contributed by atoms with Crippen molar-refractivity contribution in [3.05, 3.63) is 0 Å². The third-order valence-corrected chi connectivity index (χ3v) is 4.24. The van der Waals surface area contributed by atoms with Gasteiger partial charge in [-0.05, 0) is 54.4 Å². The van der Waals surface area contributed by atoms with E-state index < -0.39 is 11.1 Å². The molecule has 1 amide bonds. The van der Waals surface area contributed by atoms with Gasteiger partial charge in [0.05, 0.1) is 12.6 Å². The summed E-state index contributed by atoms with van der Waals surface area (Å²) in [4.78, 5) is 14.2. The van der Waals surface area contributed by atoms with Crippen LogP contribution in [0, 0.1) is 11.3 Å². The van der Waals surface area contributed by atoms with Crippen molar-refractivity contribution in [1.29, 1.82) is 5.26 Å². The molecule has 0 aromatic carbocycles. The van der Waals surface area contributed by atoms with Crippen LogP contribution in [0.3, 0.4) is 0 Å². The van der Waals surface area contributed by atoms with Crippen LogP contribution < -0.4 is 5.32 Å². The second-order valence-electron chi connectivity index (χ2n) is 8.80. The third kappa shape index (κ3) is 7.53. The Hall–Kier alpha value is -1.28. The van der Waals surface area contributed by atoms with Crippen LogP contribution in [-0.4, -0.2) is 40.8 Å². The van der Waals surface area contributed by atoms with Crippen molar-refractivity contribution in [1.82, 2.24) is 10.2 Å². The molecule has 0 spiro atoms. The smallest absolute Gasteiger partial charge is 0.410 e. The van der Waals surface area contributed by atoms with Crippen LogP contribution in [0.15, 0.2) is 0 Å². The Bertz CT molecular complexity index is 435. The highest BCUT2D eigenvalue weighted by Gasteiger charge is 2.33. The van der Waals surface area contributed by atoms with Gasteiger partial charge in [0.1, 0.15) is 11.6 Å². The second-order valence-corrected chi connectivity index (χ2v) is 8.80. The van der Waals surface area contributed by atoms with Crippen LogP contribution in [0.1, 0.15) is 80.1 Å². The van der Waals surface area contributed by atoms with E-state index in [1.54, 1.807) is 4.90 Å². The lowest BCUT2D eigenvalue weighted by molar-refractivity contribution is 0.00476. The quantitative estimate of drug-likeness (QED) is 0.780. The summed E-state index contributed by atoms with van der Waals surface area (Å²) in [5.74, 6) is 0. The van der Waals surface area contributed by atoms with Crippen molar-refractivity contribution in [2.24, 2.45) is 0 Å². The summed E-state index contributed by atoms with van der Waals surface area (Å²) in [5.41, 5.74) is -0.944. The monoisotopic (exact) mass is 337 g/mol. The Morgan fingerprint density at radius 1 is 1.17 bits per heavy atom. The maximum Gasteiger partial charge on any atom is 0.410 e. The normalized spacial score (nSPS) is 18.4. The molecule has 1 aliphatic rings. The number of nitriles is 1. The van der Waals surface area contributed by atoms with Crippen molar-refractivity contribution >= 4 is 6.09 Å². The second kappa shape index (κ2) is 8.71. The number of carbonyl (C=O) groups excluding carboxylic acids is 1. The molecule has 0 radical (unpaired) electrons. The lowest BCUT2D eigenvalue weighted by Crippen LogP contribution is -2.54. The van der Waals surface area contributed by atoms with Crippen molar-refractivity contribution in [2.45, 2.75) is 103 Å². The first kappa shape index (κ1) is 20.8. The van der Waals surface area contributed by atoms with E-state index in [0.717, 1.165) is 12.8 Å². The maximum absolute atomic E-state index is 12.6. The third-order valence-electron chi connectivity index (χ3n) is 4.24. The average molecular weight is 338 g/mol.